The number of anilines is 2. The van der Waals surface area contributed by atoms with Crippen LogP contribution in [0.5, 0.6) is 5.75 Å². The number of nitrogens with one attached hydrogen (secondary N) is 1. The van der Waals surface area contributed by atoms with Crippen molar-refractivity contribution in [2.75, 3.05) is 25.0 Å². The summed E-state index contributed by atoms with van der Waals surface area (Å²) in [5, 5.41) is 7.05. The van der Waals surface area contributed by atoms with Crippen molar-refractivity contribution >= 4 is 17.5 Å². The second-order valence-electron chi connectivity index (χ2n) is 8.43. The van der Waals surface area contributed by atoms with Crippen LogP contribution in [-0.2, 0) is 9.53 Å². The molecule has 8 nitrogen and oxygen atoms in total. The molecule has 1 aromatic carbocycles. The smallest absolute Gasteiger partial charge is 0.266 e. The molecule has 1 aliphatic heterocycles. The first-order chi connectivity index (χ1) is 15.3. The number of hydrogen-bond acceptors (Lipinski definition) is 7. The summed E-state index contributed by atoms with van der Waals surface area (Å²) >= 11 is 0. The Morgan fingerprint density at radius 1 is 1.16 bits per heavy atom. The highest BCUT2D eigenvalue weighted by atomic mass is 16.5. The number of carbonyl (C=O) groups is 1. The Kier molecular flexibility index (Phi) is 6.14. The normalized spacial score (nSPS) is 16.6. The first-order valence-corrected chi connectivity index (χ1v) is 10.6. The second kappa shape index (κ2) is 9.00. The van der Waals surface area contributed by atoms with Crippen molar-refractivity contribution in [2.24, 2.45) is 0 Å². The first kappa shape index (κ1) is 21.8. The lowest BCUT2D eigenvalue weighted by atomic mass is 10.1. The van der Waals surface area contributed by atoms with Gasteiger partial charge in [-0.3, -0.25) is 4.79 Å². The monoisotopic (exact) mass is 436 g/mol. The molecule has 0 aliphatic carbocycles. The topological polar surface area (TPSA) is 89.7 Å². The average Bonchev–Trinajstić information content (AvgIpc) is 3.17. The fourth-order valence-electron chi connectivity index (χ4n) is 3.67. The summed E-state index contributed by atoms with van der Waals surface area (Å²) in [6, 6.07) is 15.1. The average molecular weight is 437 g/mol. The Morgan fingerprint density at radius 2 is 1.97 bits per heavy atom. The quantitative estimate of drug-likeness (QED) is 0.620. The highest BCUT2D eigenvalue weighted by Crippen LogP contribution is 2.27. The van der Waals surface area contributed by atoms with Gasteiger partial charge in [0, 0.05) is 12.6 Å². The highest BCUT2D eigenvalue weighted by Gasteiger charge is 2.37. The van der Waals surface area contributed by atoms with Crippen LogP contribution in [0.3, 0.4) is 0 Å². The van der Waals surface area contributed by atoms with E-state index in [1.165, 1.54) is 0 Å². The molecule has 3 aromatic rings. The number of ether oxygens (including phenoxy) is 2. The fourth-order valence-corrected chi connectivity index (χ4v) is 3.67. The Hall–Kier alpha value is -3.39. The molecule has 1 saturated heterocycles. The molecule has 3 heterocycles. The maximum Gasteiger partial charge on any atom is 0.266 e. The molecule has 0 radical (unpaired) electrons. The molecule has 168 valence electrons. The number of nitrogens with zero attached hydrogens (tertiary/aromatic N) is 3. The second-order valence-corrected chi connectivity index (χ2v) is 8.43. The molecule has 1 aliphatic rings. The van der Waals surface area contributed by atoms with E-state index < -0.39 is 5.60 Å². The van der Waals surface area contributed by atoms with E-state index in [1.807, 2.05) is 56.3 Å². The number of amides is 1. The van der Waals surface area contributed by atoms with E-state index in [0.29, 0.717) is 42.8 Å². The number of morpholine rings is 1. The molecule has 1 atom stereocenters. The van der Waals surface area contributed by atoms with Gasteiger partial charge in [-0.2, -0.15) is 0 Å². The summed E-state index contributed by atoms with van der Waals surface area (Å²) in [4.78, 5) is 19.7. The van der Waals surface area contributed by atoms with Crippen LogP contribution < -0.4 is 10.1 Å². The van der Waals surface area contributed by atoms with E-state index in [9.17, 15) is 4.79 Å². The van der Waals surface area contributed by atoms with Crippen LogP contribution in [0.4, 0.5) is 11.6 Å². The predicted octanol–water partition coefficient (Wildman–Crippen LogP) is 4.19. The molecular weight excluding hydrogens is 408 g/mol. The lowest BCUT2D eigenvalue weighted by Crippen LogP contribution is -2.53. The zero-order chi connectivity index (χ0) is 22.7. The van der Waals surface area contributed by atoms with E-state index in [-0.39, 0.29) is 12.0 Å². The Bertz CT molecular complexity index is 1090. The number of hydrogen-bond donors (Lipinski definition) is 1. The SMILES string of the molecule is Cc1cccc(OC(C)(C)C(=O)N2CCO[C@H](c3cccc(Nc4cc(C)on4)n3)C2)c1. The van der Waals surface area contributed by atoms with Crippen molar-refractivity contribution in [3.05, 3.63) is 65.5 Å². The van der Waals surface area contributed by atoms with E-state index in [0.717, 1.165) is 11.3 Å². The third kappa shape index (κ3) is 5.08. The molecule has 1 amide bonds. The van der Waals surface area contributed by atoms with Gasteiger partial charge in [-0.1, -0.05) is 23.4 Å². The largest absolute Gasteiger partial charge is 0.478 e. The molecule has 0 bridgehead atoms. The van der Waals surface area contributed by atoms with Crippen molar-refractivity contribution in [1.82, 2.24) is 15.0 Å². The van der Waals surface area contributed by atoms with Gasteiger partial charge in [-0.25, -0.2) is 4.98 Å². The number of aryl methyl sites for hydroxylation is 2. The maximum absolute atomic E-state index is 13.3. The van der Waals surface area contributed by atoms with Crippen LogP contribution >= 0.6 is 0 Å². The molecule has 32 heavy (non-hydrogen) atoms. The molecular formula is C24H28N4O4. The Morgan fingerprint density at radius 3 is 2.72 bits per heavy atom. The summed E-state index contributed by atoms with van der Waals surface area (Å²) in [7, 11) is 0. The highest BCUT2D eigenvalue weighted by molar-refractivity contribution is 5.85. The zero-order valence-corrected chi connectivity index (χ0v) is 18.8. The summed E-state index contributed by atoms with van der Waals surface area (Å²) in [6.45, 7) is 8.75. The zero-order valence-electron chi connectivity index (χ0n) is 18.8. The van der Waals surface area contributed by atoms with E-state index in [1.54, 1.807) is 24.8 Å². The van der Waals surface area contributed by atoms with Gasteiger partial charge in [0.05, 0.1) is 18.8 Å². The molecule has 0 saturated carbocycles. The molecule has 2 aromatic heterocycles. The van der Waals surface area contributed by atoms with Crippen LogP contribution in [0.1, 0.15) is 37.0 Å². The number of pyridine rings is 1. The lowest BCUT2D eigenvalue weighted by molar-refractivity contribution is -0.153. The number of rotatable bonds is 6. The van der Waals surface area contributed by atoms with Crippen LogP contribution in [0.25, 0.3) is 0 Å². The standard InChI is InChI=1S/C24H28N4O4/c1-16-7-5-8-18(13-16)31-24(3,4)23(29)28-11-12-30-20(15-28)19-9-6-10-21(25-19)26-22-14-17(2)32-27-22/h5-10,13-14,20H,11-12,15H2,1-4H3,(H,25,26,27)/t20-/m0/s1. The van der Waals surface area contributed by atoms with Crippen molar-refractivity contribution in [3.63, 3.8) is 0 Å². The van der Waals surface area contributed by atoms with Crippen molar-refractivity contribution in [1.29, 1.82) is 0 Å². The summed E-state index contributed by atoms with van der Waals surface area (Å²) < 4.78 is 17.1. The van der Waals surface area contributed by atoms with Gasteiger partial charge in [0.2, 0.25) is 0 Å². The van der Waals surface area contributed by atoms with Gasteiger partial charge in [-0.15, -0.1) is 0 Å². The summed E-state index contributed by atoms with van der Waals surface area (Å²) in [5.41, 5.74) is 0.819. The summed E-state index contributed by atoms with van der Waals surface area (Å²) in [6.07, 6.45) is -0.330. The minimum absolute atomic E-state index is 0.0836. The first-order valence-electron chi connectivity index (χ1n) is 10.6. The molecule has 0 spiro atoms. The van der Waals surface area contributed by atoms with Crippen molar-refractivity contribution < 1.29 is 18.8 Å². The van der Waals surface area contributed by atoms with Gasteiger partial charge < -0.3 is 24.2 Å². The Labute approximate surface area is 187 Å². The molecule has 1 N–H and O–H groups in total. The Balaban J connectivity index is 1.44. The third-order valence-corrected chi connectivity index (χ3v) is 5.22. The van der Waals surface area contributed by atoms with E-state index >= 15 is 0 Å². The van der Waals surface area contributed by atoms with Gasteiger partial charge in [-0.05, 0) is 57.5 Å². The summed E-state index contributed by atoms with van der Waals surface area (Å²) in [5.74, 6) is 2.52. The van der Waals surface area contributed by atoms with Crippen LogP contribution in [0.2, 0.25) is 0 Å². The van der Waals surface area contributed by atoms with Gasteiger partial charge >= 0.3 is 0 Å². The van der Waals surface area contributed by atoms with Crippen LogP contribution in [-0.4, -0.2) is 46.2 Å². The number of benzene rings is 1. The number of aromatic nitrogens is 2. The van der Waals surface area contributed by atoms with Crippen LogP contribution in [0.15, 0.2) is 53.1 Å². The van der Waals surface area contributed by atoms with E-state index in [2.05, 4.69) is 15.5 Å². The van der Waals surface area contributed by atoms with Gasteiger partial charge in [0.15, 0.2) is 11.4 Å². The minimum atomic E-state index is -1.00. The minimum Gasteiger partial charge on any atom is -0.478 e. The van der Waals surface area contributed by atoms with E-state index in [4.69, 9.17) is 14.0 Å². The van der Waals surface area contributed by atoms with Gasteiger partial charge in [0.1, 0.15) is 23.4 Å². The number of carbonyl (C=O) groups excluding carboxylic acids is 1. The molecule has 1 fully saturated rings. The van der Waals surface area contributed by atoms with Gasteiger partial charge in [0.25, 0.3) is 5.91 Å². The van der Waals surface area contributed by atoms with Crippen LogP contribution in [0, 0.1) is 13.8 Å². The molecule has 0 unspecified atom stereocenters. The molecule has 4 rings (SSSR count). The third-order valence-electron chi connectivity index (χ3n) is 5.22. The predicted molar refractivity (Wildman–Crippen MR) is 120 cm³/mol. The lowest BCUT2D eigenvalue weighted by Gasteiger charge is -2.37. The van der Waals surface area contributed by atoms with Crippen molar-refractivity contribution in [3.8, 4) is 5.75 Å². The maximum atomic E-state index is 13.3. The molecule has 8 heteroatoms. The van der Waals surface area contributed by atoms with Crippen molar-refractivity contribution in [2.45, 2.75) is 39.4 Å². The fraction of sp³-hybridized carbons (Fsp3) is 0.375.